The molecule has 1 aliphatic rings. The van der Waals surface area contributed by atoms with Crippen LogP contribution in [0.5, 0.6) is 0 Å². The fourth-order valence-corrected chi connectivity index (χ4v) is 1.93. The highest BCUT2D eigenvalue weighted by molar-refractivity contribution is 5.81. The van der Waals surface area contributed by atoms with Crippen molar-refractivity contribution in [2.45, 2.75) is 32.2 Å². The maximum atomic E-state index is 11.9. The van der Waals surface area contributed by atoms with Gasteiger partial charge in [-0.3, -0.25) is 9.59 Å². The van der Waals surface area contributed by atoms with E-state index < -0.39 is 0 Å². The summed E-state index contributed by atoms with van der Waals surface area (Å²) in [5, 5.41) is 3.18. The normalized spacial score (nSPS) is 21.2. The van der Waals surface area contributed by atoms with Crippen molar-refractivity contribution in [1.29, 1.82) is 0 Å². The molecule has 2 amide bonds. The Morgan fingerprint density at radius 3 is 2.88 bits per heavy atom. The summed E-state index contributed by atoms with van der Waals surface area (Å²) in [6.07, 6.45) is 2.24. The standard InChI is InChI=1S/C12H23N3O2/c1-10-12(17)15(9-5-7-13-10)8-4-6-11(16)14(2)3/h10,13H,4-9H2,1-3H3. The molecule has 1 N–H and O–H groups in total. The van der Waals surface area contributed by atoms with Crippen molar-refractivity contribution in [3.63, 3.8) is 0 Å². The Balaban J connectivity index is 2.34. The van der Waals surface area contributed by atoms with Crippen LogP contribution in [-0.2, 0) is 9.59 Å². The van der Waals surface area contributed by atoms with E-state index in [0.717, 1.165) is 25.9 Å². The van der Waals surface area contributed by atoms with Crippen molar-refractivity contribution in [3.8, 4) is 0 Å². The summed E-state index contributed by atoms with van der Waals surface area (Å²) in [6, 6.07) is -0.0953. The van der Waals surface area contributed by atoms with Crippen molar-refractivity contribution in [2.24, 2.45) is 0 Å². The predicted molar refractivity (Wildman–Crippen MR) is 66.6 cm³/mol. The fourth-order valence-electron chi connectivity index (χ4n) is 1.93. The highest BCUT2D eigenvalue weighted by atomic mass is 16.2. The van der Waals surface area contributed by atoms with Crippen LogP contribution in [-0.4, -0.2) is 61.4 Å². The van der Waals surface area contributed by atoms with Crippen LogP contribution < -0.4 is 5.32 Å². The molecule has 0 spiro atoms. The second-order valence-corrected chi connectivity index (χ2v) is 4.75. The minimum absolute atomic E-state index is 0.0953. The number of nitrogens with one attached hydrogen (secondary N) is 1. The fraction of sp³-hybridized carbons (Fsp3) is 0.833. The van der Waals surface area contributed by atoms with Crippen LogP contribution in [0, 0.1) is 0 Å². The molecule has 5 nitrogen and oxygen atoms in total. The number of amides is 2. The van der Waals surface area contributed by atoms with Crippen LogP contribution in [0.25, 0.3) is 0 Å². The molecule has 0 saturated carbocycles. The molecule has 98 valence electrons. The van der Waals surface area contributed by atoms with Gasteiger partial charge in [-0.25, -0.2) is 0 Å². The molecule has 0 aromatic carbocycles. The lowest BCUT2D eigenvalue weighted by molar-refractivity contribution is -0.133. The number of nitrogens with zero attached hydrogens (tertiary/aromatic N) is 2. The molecule has 0 bridgehead atoms. The van der Waals surface area contributed by atoms with E-state index in [4.69, 9.17) is 0 Å². The third-order valence-electron chi connectivity index (χ3n) is 3.05. The molecule has 1 heterocycles. The Kier molecular flexibility index (Phi) is 5.41. The Bertz CT molecular complexity index is 279. The molecule has 5 heteroatoms. The summed E-state index contributed by atoms with van der Waals surface area (Å²) >= 11 is 0. The second kappa shape index (κ2) is 6.59. The topological polar surface area (TPSA) is 52.7 Å². The molecule has 1 rings (SSSR count). The Morgan fingerprint density at radius 1 is 1.53 bits per heavy atom. The maximum absolute atomic E-state index is 11.9. The number of carbonyl (C=O) groups is 2. The summed E-state index contributed by atoms with van der Waals surface area (Å²) in [6.45, 7) is 4.27. The van der Waals surface area contributed by atoms with Gasteiger partial charge in [-0.05, 0) is 26.3 Å². The Hall–Kier alpha value is -1.10. The van der Waals surface area contributed by atoms with Crippen LogP contribution in [0.3, 0.4) is 0 Å². The molecular weight excluding hydrogens is 218 g/mol. The lowest BCUT2D eigenvalue weighted by Gasteiger charge is -2.22. The number of hydrogen-bond acceptors (Lipinski definition) is 3. The minimum atomic E-state index is -0.0953. The smallest absolute Gasteiger partial charge is 0.239 e. The van der Waals surface area contributed by atoms with Crippen LogP contribution in [0.15, 0.2) is 0 Å². The van der Waals surface area contributed by atoms with E-state index in [0.29, 0.717) is 13.0 Å². The predicted octanol–water partition coefficient (Wildman–Crippen LogP) is 0.0652. The molecule has 1 saturated heterocycles. The quantitative estimate of drug-likeness (QED) is 0.757. The summed E-state index contributed by atoms with van der Waals surface area (Å²) < 4.78 is 0. The summed E-state index contributed by atoms with van der Waals surface area (Å²) in [5.41, 5.74) is 0. The summed E-state index contributed by atoms with van der Waals surface area (Å²) in [5.74, 6) is 0.276. The lowest BCUT2D eigenvalue weighted by atomic mass is 10.2. The van der Waals surface area contributed by atoms with Crippen molar-refractivity contribution in [2.75, 3.05) is 33.7 Å². The van der Waals surface area contributed by atoms with Crippen molar-refractivity contribution in [3.05, 3.63) is 0 Å². The molecule has 1 unspecified atom stereocenters. The van der Waals surface area contributed by atoms with Gasteiger partial charge in [0.25, 0.3) is 0 Å². The van der Waals surface area contributed by atoms with Crippen LogP contribution >= 0.6 is 0 Å². The van der Waals surface area contributed by atoms with Gasteiger partial charge in [0, 0.05) is 33.6 Å². The molecule has 0 aromatic rings. The lowest BCUT2D eigenvalue weighted by Crippen LogP contribution is -2.42. The van der Waals surface area contributed by atoms with E-state index in [9.17, 15) is 9.59 Å². The van der Waals surface area contributed by atoms with Gasteiger partial charge in [0.15, 0.2) is 0 Å². The zero-order valence-electron chi connectivity index (χ0n) is 11.0. The number of rotatable bonds is 4. The average Bonchev–Trinajstić information content (AvgIpc) is 2.44. The SMILES string of the molecule is CC1NCCCN(CCCC(=O)N(C)C)C1=O. The Labute approximate surface area is 103 Å². The van der Waals surface area contributed by atoms with Crippen LogP contribution in [0.1, 0.15) is 26.2 Å². The molecule has 17 heavy (non-hydrogen) atoms. The zero-order valence-corrected chi connectivity index (χ0v) is 11.0. The van der Waals surface area contributed by atoms with E-state index in [1.807, 2.05) is 11.8 Å². The number of carbonyl (C=O) groups excluding carboxylic acids is 2. The van der Waals surface area contributed by atoms with Gasteiger partial charge in [0.2, 0.25) is 11.8 Å². The molecule has 0 aromatic heterocycles. The van der Waals surface area contributed by atoms with Crippen LogP contribution in [0.2, 0.25) is 0 Å². The number of hydrogen-bond donors (Lipinski definition) is 1. The highest BCUT2D eigenvalue weighted by Crippen LogP contribution is 2.05. The van der Waals surface area contributed by atoms with E-state index in [1.165, 1.54) is 0 Å². The molecule has 0 radical (unpaired) electrons. The molecular formula is C12H23N3O2. The molecule has 1 aliphatic heterocycles. The third-order valence-corrected chi connectivity index (χ3v) is 3.05. The van der Waals surface area contributed by atoms with Gasteiger partial charge >= 0.3 is 0 Å². The van der Waals surface area contributed by atoms with Gasteiger partial charge in [-0.2, -0.15) is 0 Å². The van der Waals surface area contributed by atoms with Gasteiger partial charge in [0.1, 0.15) is 0 Å². The first-order valence-electron chi connectivity index (χ1n) is 6.24. The van der Waals surface area contributed by atoms with Crippen molar-refractivity contribution in [1.82, 2.24) is 15.1 Å². The average molecular weight is 241 g/mol. The van der Waals surface area contributed by atoms with Crippen molar-refractivity contribution >= 4 is 11.8 Å². The first-order chi connectivity index (χ1) is 8.02. The monoisotopic (exact) mass is 241 g/mol. The Morgan fingerprint density at radius 2 is 2.24 bits per heavy atom. The molecule has 1 fully saturated rings. The largest absolute Gasteiger partial charge is 0.349 e. The summed E-state index contributed by atoms with van der Waals surface area (Å²) in [4.78, 5) is 26.8. The van der Waals surface area contributed by atoms with E-state index in [-0.39, 0.29) is 17.9 Å². The summed E-state index contributed by atoms with van der Waals surface area (Å²) in [7, 11) is 3.51. The van der Waals surface area contributed by atoms with Gasteiger partial charge in [-0.15, -0.1) is 0 Å². The maximum Gasteiger partial charge on any atom is 0.239 e. The van der Waals surface area contributed by atoms with Gasteiger partial charge < -0.3 is 15.1 Å². The van der Waals surface area contributed by atoms with E-state index in [1.54, 1.807) is 19.0 Å². The first-order valence-corrected chi connectivity index (χ1v) is 6.24. The van der Waals surface area contributed by atoms with E-state index in [2.05, 4.69) is 5.32 Å². The first kappa shape index (κ1) is 14.0. The highest BCUT2D eigenvalue weighted by Gasteiger charge is 2.22. The third kappa shape index (κ3) is 4.34. The second-order valence-electron chi connectivity index (χ2n) is 4.75. The van der Waals surface area contributed by atoms with Gasteiger partial charge in [0.05, 0.1) is 6.04 Å². The minimum Gasteiger partial charge on any atom is -0.349 e. The van der Waals surface area contributed by atoms with Gasteiger partial charge in [-0.1, -0.05) is 0 Å². The molecule has 0 aliphatic carbocycles. The van der Waals surface area contributed by atoms with E-state index >= 15 is 0 Å². The molecule has 1 atom stereocenters. The van der Waals surface area contributed by atoms with Crippen molar-refractivity contribution < 1.29 is 9.59 Å². The zero-order chi connectivity index (χ0) is 12.8. The van der Waals surface area contributed by atoms with Crippen LogP contribution in [0.4, 0.5) is 0 Å².